The average molecular weight is 326 g/mol. The van der Waals surface area contributed by atoms with E-state index in [0.29, 0.717) is 6.54 Å². The van der Waals surface area contributed by atoms with Crippen molar-refractivity contribution in [3.63, 3.8) is 0 Å². The Labute approximate surface area is 141 Å². The lowest BCUT2D eigenvalue weighted by Crippen LogP contribution is -2.55. The van der Waals surface area contributed by atoms with Gasteiger partial charge in [-0.25, -0.2) is 10.0 Å². The van der Waals surface area contributed by atoms with E-state index >= 15 is 0 Å². The molecule has 2 rings (SSSR count). The molecule has 0 atom stereocenters. The van der Waals surface area contributed by atoms with Crippen LogP contribution in [-0.2, 0) is 4.79 Å². The molecule has 2 heterocycles. The van der Waals surface area contributed by atoms with E-state index in [1.54, 1.807) is 4.90 Å². The predicted molar refractivity (Wildman–Crippen MR) is 93.3 cm³/mol. The second-order valence-electron chi connectivity index (χ2n) is 7.04. The number of amides is 1. The molecule has 2 saturated heterocycles. The zero-order valence-corrected chi connectivity index (χ0v) is 15.4. The molecule has 2 fully saturated rings. The van der Waals surface area contributed by atoms with Crippen LogP contribution in [0.3, 0.4) is 0 Å². The fourth-order valence-corrected chi connectivity index (χ4v) is 3.07. The van der Waals surface area contributed by atoms with Gasteiger partial charge in [-0.3, -0.25) is 14.6 Å². The number of likely N-dealkylation sites (N-methyl/N-ethyl adjacent to an activating group) is 3. The second kappa shape index (κ2) is 8.94. The molecule has 0 saturated carbocycles. The number of hydrazine groups is 1. The molecule has 2 aliphatic rings. The number of nitrogens with zero attached hydrogens (tertiary/aromatic N) is 6. The Bertz CT molecular complexity index is 362. The molecule has 134 valence electrons. The highest BCUT2D eigenvalue weighted by Gasteiger charge is 2.22. The molecule has 0 aromatic carbocycles. The van der Waals surface area contributed by atoms with Crippen LogP contribution in [-0.4, -0.2) is 136 Å². The predicted octanol–water partition coefficient (Wildman–Crippen LogP) is -1.21. The van der Waals surface area contributed by atoms with E-state index in [0.717, 1.165) is 39.3 Å². The van der Waals surface area contributed by atoms with Crippen LogP contribution in [0.1, 0.15) is 0 Å². The van der Waals surface area contributed by atoms with Crippen LogP contribution in [0.5, 0.6) is 0 Å². The van der Waals surface area contributed by atoms with E-state index in [-0.39, 0.29) is 5.91 Å². The Morgan fingerprint density at radius 3 is 2.00 bits per heavy atom. The third kappa shape index (κ3) is 6.00. The van der Waals surface area contributed by atoms with Gasteiger partial charge in [-0.05, 0) is 7.05 Å². The Balaban J connectivity index is 1.63. The molecular formula is C16H34N6O. The molecule has 1 amide bonds. The lowest BCUT2D eigenvalue weighted by molar-refractivity contribution is -0.131. The fourth-order valence-electron chi connectivity index (χ4n) is 3.07. The summed E-state index contributed by atoms with van der Waals surface area (Å²) in [6.45, 7) is 11.5. The molecule has 0 aliphatic carbocycles. The summed E-state index contributed by atoms with van der Waals surface area (Å²) in [6, 6.07) is 0. The maximum Gasteiger partial charge on any atom is 0.236 e. The minimum absolute atomic E-state index is 0.196. The van der Waals surface area contributed by atoms with Crippen molar-refractivity contribution in [2.24, 2.45) is 0 Å². The van der Waals surface area contributed by atoms with Crippen molar-refractivity contribution in [3.8, 4) is 0 Å². The summed E-state index contributed by atoms with van der Waals surface area (Å²) in [4.78, 5) is 20.7. The standard InChI is InChI=1S/C16H34N6O/c1-17(2)16(23)15-21-11-13-22(14-12-21)19(4)7-10-20-8-5-18(3)6-9-20/h5-15H2,1-4H3. The highest BCUT2D eigenvalue weighted by atomic mass is 16.2. The lowest BCUT2D eigenvalue weighted by Gasteiger charge is -2.40. The van der Waals surface area contributed by atoms with Crippen LogP contribution in [0.4, 0.5) is 0 Å². The summed E-state index contributed by atoms with van der Waals surface area (Å²) in [6.07, 6.45) is 0. The molecule has 0 aromatic rings. The monoisotopic (exact) mass is 326 g/mol. The Morgan fingerprint density at radius 2 is 1.43 bits per heavy atom. The number of piperazine rings is 2. The van der Waals surface area contributed by atoms with E-state index < -0.39 is 0 Å². The van der Waals surface area contributed by atoms with Crippen LogP contribution in [0, 0.1) is 0 Å². The maximum atomic E-state index is 11.8. The van der Waals surface area contributed by atoms with E-state index in [4.69, 9.17) is 0 Å². The van der Waals surface area contributed by atoms with Crippen LogP contribution >= 0.6 is 0 Å². The van der Waals surface area contributed by atoms with Gasteiger partial charge in [-0.2, -0.15) is 0 Å². The first-order chi connectivity index (χ1) is 11.0. The third-order valence-electron chi connectivity index (χ3n) is 5.02. The topological polar surface area (TPSA) is 36.5 Å². The molecule has 23 heavy (non-hydrogen) atoms. The van der Waals surface area contributed by atoms with Gasteiger partial charge < -0.3 is 9.80 Å². The molecule has 7 heteroatoms. The number of rotatable bonds is 6. The van der Waals surface area contributed by atoms with Crippen molar-refractivity contribution in [2.75, 3.05) is 100 Å². The lowest BCUT2D eigenvalue weighted by atomic mass is 10.3. The summed E-state index contributed by atoms with van der Waals surface area (Å²) >= 11 is 0. The summed E-state index contributed by atoms with van der Waals surface area (Å²) in [7, 11) is 8.04. The van der Waals surface area contributed by atoms with E-state index in [1.807, 2.05) is 14.1 Å². The molecule has 7 nitrogen and oxygen atoms in total. The van der Waals surface area contributed by atoms with E-state index in [2.05, 4.69) is 38.8 Å². The molecule has 0 unspecified atom stereocenters. The normalized spacial score (nSPS) is 22.7. The van der Waals surface area contributed by atoms with Crippen LogP contribution in [0.15, 0.2) is 0 Å². The minimum atomic E-state index is 0.196. The molecule has 0 bridgehead atoms. The van der Waals surface area contributed by atoms with Gasteiger partial charge in [0.25, 0.3) is 0 Å². The van der Waals surface area contributed by atoms with Crippen molar-refractivity contribution in [3.05, 3.63) is 0 Å². The summed E-state index contributed by atoms with van der Waals surface area (Å²) in [5, 5.41) is 4.79. The van der Waals surface area contributed by atoms with E-state index in [9.17, 15) is 4.79 Å². The van der Waals surface area contributed by atoms with Crippen molar-refractivity contribution < 1.29 is 4.79 Å². The molecule has 0 aromatic heterocycles. The largest absolute Gasteiger partial charge is 0.348 e. The maximum absolute atomic E-state index is 11.8. The zero-order valence-electron chi connectivity index (χ0n) is 15.4. The fraction of sp³-hybridized carbons (Fsp3) is 0.938. The Morgan fingerprint density at radius 1 is 0.870 bits per heavy atom. The molecular weight excluding hydrogens is 292 g/mol. The van der Waals surface area contributed by atoms with Crippen LogP contribution in [0.2, 0.25) is 0 Å². The van der Waals surface area contributed by atoms with Gasteiger partial charge in [-0.15, -0.1) is 0 Å². The number of hydrogen-bond acceptors (Lipinski definition) is 6. The highest BCUT2D eigenvalue weighted by molar-refractivity contribution is 5.77. The first kappa shape index (κ1) is 18.6. The van der Waals surface area contributed by atoms with Gasteiger partial charge in [0.15, 0.2) is 0 Å². The molecule has 2 aliphatic heterocycles. The molecule has 0 spiro atoms. The van der Waals surface area contributed by atoms with Crippen molar-refractivity contribution in [2.45, 2.75) is 0 Å². The Kier molecular flexibility index (Phi) is 7.23. The first-order valence-corrected chi connectivity index (χ1v) is 8.75. The highest BCUT2D eigenvalue weighted by Crippen LogP contribution is 2.06. The van der Waals surface area contributed by atoms with Crippen LogP contribution in [0.25, 0.3) is 0 Å². The van der Waals surface area contributed by atoms with Gasteiger partial charge in [0.2, 0.25) is 5.91 Å². The SMILES string of the molecule is CN1CCN(CCN(C)N2CCN(CC(=O)N(C)C)CC2)CC1. The number of hydrogen-bond donors (Lipinski definition) is 0. The number of carbonyl (C=O) groups excluding carboxylic acids is 1. The van der Waals surface area contributed by atoms with Gasteiger partial charge in [0.05, 0.1) is 6.54 Å². The second-order valence-corrected chi connectivity index (χ2v) is 7.04. The minimum Gasteiger partial charge on any atom is -0.348 e. The first-order valence-electron chi connectivity index (χ1n) is 8.75. The zero-order chi connectivity index (χ0) is 16.8. The average Bonchev–Trinajstić information content (AvgIpc) is 2.54. The smallest absolute Gasteiger partial charge is 0.236 e. The van der Waals surface area contributed by atoms with Gasteiger partial charge in [-0.1, -0.05) is 0 Å². The quantitative estimate of drug-likeness (QED) is 0.609. The summed E-state index contributed by atoms with van der Waals surface area (Å²) in [5.74, 6) is 0.196. The Hall–Kier alpha value is -0.730. The third-order valence-corrected chi connectivity index (χ3v) is 5.02. The van der Waals surface area contributed by atoms with Crippen molar-refractivity contribution in [1.29, 1.82) is 0 Å². The van der Waals surface area contributed by atoms with Gasteiger partial charge in [0, 0.05) is 86.6 Å². The van der Waals surface area contributed by atoms with Gasteiger partial charge in [0.1, 0.15) is 0 Å². The summed E-state index contributed by atoms with van der Waals surface area (Å²) in [5.41, 5.74) is 0. The van der Waals surface area contributed by atoms with Crippen LogP contribution < -0.4 is 0 Å². The molecule has 0 N–H and O–H groups in total. The summed E-state index contributed by atoms with van der Waals surface area (Å²) < 4.78 is 0. The van der Waals surface area contributed by atoms with Crippen molar-refractivity contribution >= 4 is 5.91 Å². The van der Waals surface area contributed by atoms with E-state index in [1.165, 1.54) is 26.2 Å². The van der Waals surface area contributed by atoms with Gasteiger partial charge >= 0.3 is 0 Å². The number of carbonyl (C=O) groups is 1. The molecule has 0 radical (unpaired) electrons. The van der Waals surface area contributed by atoms with Crippen molar-refractivity contribution in [1.82, 2.24) is 29.6 Å².